The van der Waals surface area contributed by atoms with Gasteiger partial charge >= 0.3 is 0 Å². The number of nitrogens with two attached hydrogens (primary N) is 1. The number of aliphatic hydroxyl groups is 3. The molecule has 1 saturated heterocycles. The first-order valence-corrected chi connectivity index (χ1v) is 9.89. The van der Waals surface area contributed by atoms with E-state index in [-0.39, 0.29) is 19.0 Å². The average molecular weight is 399 g/mol. The summed E-state index contributed by atoms with van der Waals surface area (Å²) < 4.78 is 13.5. The molecule has 11 heteroatoms. The third-order valence-electron chi connectivity index (χ3n) is 4.27. The van der Waals surface area contributed by atoms with Gasteiger partial charge in [0, 0.05) is 19.0 Å². The number of fused-ring (bicyclic) bond motifs is 1. The summed E-state index contributed by atoms with van der Waals surface area (Å²) in [6.07, 6.45) is -0.459. The number of rotatable bonds is 9. The molecular weight excluding hydrogens is 374 g/mol. The van der Waals surface area contributed by atoms with Crippen molar-refractivity contribution in [2.45, 2.75) is 49.5 Å². The largest absolute Gasteiger partial charge is 0.396 e. The SMILES string of the molecule is CCCO[C@@H]1[C@H](O)[C@@H](CO)O[C@H]1n1c(SCCCO)nc2c(N)ncnc21. The van der Waals surface area contributed by atoms with E-state index in [1.165, 1.54) is 18.1 Å². The summed E-state index contributed by atoms with van der Waals surface area (Å²) in [6.45, 7) is 2.15. The summed E-state index contributed by atoms with van der Waals surface area (Å²) in [4.78, 5) is 12.8. The summed E-state index contributed by atoms with van der Waals surface area (Å²) in [5, 5.41) is 29.7. The average Bonchev–Trinajstić information content (AvgIpc) is 3.18. The third-order valence-corrected chi connectivity index (χ3v) is 5.31. The second-order valence-electron chi connectivity index (χ2n) is 6.19. The van der Waals surface area contributed by atoms with E-state index in [9.17, 15) is 10.2 Å². The van der Waals surface area contributed by atoms with Crippen LogP contribution in [0.5, 0.6) is 0 Å². The van der Waals surface area contributed by atoms with Crippen LogP contribution in [0.15, 0.2) is 11.5 Å². The van der Waals surface area contributed by atoms with Gasteiger partial charge in [0.05, 0.1) is 6.61 Å². The zero-order valence-electron chi connectivity index (χ0n) is 15.1. The zero-order valence-corrected chi connectivity index (χ0v) is 15.9. The van der Waals surface area contributed by atoms with E-state index >= 15 is 0 Å². The van der Waals surface area contributed by atoms with Crippen molar-refractivity contribution in [3.63, 3.8) is 0 Å². The molecule has 10 nitrogen and oxygen atoms in total. The van der Waals surface area contributed by atoms with Crippen molar-refractivity contribution < 1.29 is 24.8 Å². The molecule has 27 heavy (non-hydrogen) atoms. The van der Waals surface area contributed by atoms with Crippen molar-refractivity contribution in [3.05, 3.63) is 6.33 Å². The molecule has 0 unspecified atom stereocenters. The van der Waals surface area contributed by atoms with E-state index in [4.69, 9.17) is 20.3 Å². The standard InChI is InChI=1S/C16H25N5O5S/c1-2-5-25-12-11(24)9(7-23)26-15(12)21-14-10(13(17)18-8-19-14)20-16(21)27-6-3-4-22/h8-9,11-12,15,22-24H,2-7H2,1H3,(H2,17,18,19)/t9-,11-,12-,15-/m1/s1. The Hall–Kier alpha value is -1.50. The van der Waals surface area contributed by atoms with E-state index < -0.39 is 24.5 Å². The normalized spacial score (nSPS) is 25.5. The number of hydrogen-bond acceptors (Lipinski definition) is 10. The van der Waals surface area contributed by atoms with E-state index in [0.29, 0.717) is 35.1 Å². The fourth-order valence-electron chi connectivity index (χ4n) is 2.98. The van der Waals surface area contributed by atoms with Crippen LogP contribution in [0.3, 0.4) is 0 Å². The Morgan fingerprint density at radius 2 is 2.19 bits per heavy atom. The van der Waals surface area contributed by atoms with Gasteiger partial charge in [-0.1, -0.05) is 18.7 Å². The molecule has 0 aromatic carbocycles. The van der Waals surface area contributed by atoms with Crippen LogP contribution in [0.2, 0.25) is 0 Å². The number of anilines is 1. The van der Waals surface area contributed by atoms with Crippen LogP contribution in [0.25, 0.3) is 11.2 Å². The van der Waals surface area contributed by atoms with Gasteiger partial charge < -0.3 is 30.5 Å². The van der Waals surface area contributed by atoms with Crippen LogP contribution in [0.1, 0.15) is 26.0 Å². The minimum atomic E-state index is -0.988. The van der Waals surface area contributed by atoms with E-state index in [0.717, 1.165) is 6.42 Å². The van der Waals surface area contributed by atoms with Crippen LogP contribution in [0, 0.1) is 0 Å². The molecule has 3 rings (SSSR count). The van der Waals surface area contributed by atoms with Crippen LogP contribution < -0.4 is 5.73 Å². The number of imidazole rings is 1. The second-order valence-corrected chi connectivity index (χ2v) is 7.26. The van der Waals surface area contributed by atoms with Crippen molar-refractivity contribution >= 4 is 28.7 Å². The highest BCUT2D eigenvalue weighted by atomic mass is 32.2. The van der Waals surface area contributed by atoms with Crippen molar-refractivity contribution in [1.82, 2.24) is 19.5 Å². The summed E-state index contributed by atoms with van der Waals surface area (Å²) in [6, 6.07) is 0. The molecule has 0 bridgehead atoms. The van der Waals surface area contributed by atoms with Crippen molar-refractivity contribution in [1.29, 1.82) is 0 Å². The van der Waals surface area contributed by atoms with Crippen molar-refractivity contribution in [2.75, 3.05) is 31.3 Å². The first kappa shape index (κ1) is 20.2. The van der Waals surface area contributed by atoms with E-state index in [2.05, 4.69) is 15.0 Å². The highest BCUT2D eigenvalue weighted by Gasteiger charge is 2.46. The highest BCUT2D eigenvalue weighted by molar-refractivity contribution is 7.99. The lowest BCUT2D eigenvalue weighted by Crippen LogP contribution is -2.35. The fourth-order valence-corrected chi connectivity index (χ4v) is 3.92. The van der Waals surface area contributed by atoms with Crippen LogP contribution in [-0.2, 0) is 9.47 Å². The minimum absolute atomic E-state index is 0.0721. The highest BCUT2D eigenvalue weighted by Crippen LogP contribution is 2.37. The molecule has 1 aliphatic rings. The number of aromatic nitrogens is 4. The molecule has 150 valence electrons. The quantitative estimate of drug-likeness (QED) is 0.333. The third kappa shape index (κ3) is 4.03. The molecule has 1 aliphatic heterocycles. The van der Waals surface area contributed by atoms with Crippen LogP contribution in [0.4, 0.5) is 5.82 Å². The minimum Gasteiger partial charge on any atom is -0.396 e. The number of aliphatic hydroxyl groups excluding tert-OH is 3. The van der Waals surface area contributed by atoms with Gasteiger partial charge in [-0.05, 0) is 12.8 Å². The lowest BCUT2D eigenvalue weighted by atomic mass is 10.1. The Labute approximate surface area is 160 Å². The molecular formula is C16H25N5O5S. The lowest BCUT2D eigenvalue weighted by Gasteiger charge is -2.23. The Bertz CT molecular complexity index is 760. The van der Waals surface area contributed by atoms with Gasteiger partial charge in [0.25, 0.3) is 0 Å². The monoisotopic (exact) mass is 399 g/mol. The predicted octanol–water partition coefficient (Wildman–Crippen LogP) is -0.0712. The molecule has 4 atom stereocenters. The second kappa shape index (κ2) is 9.13. The van der Waals surface area contributed by atoms with Gasteiger partial charge in [-0.2, -0.15) is 0 Å². The summed E-state index contributed by atoms with van der Waals surface area (Å²) in [7, 11) is 0. The summed E-state index contributed by atoms with van der Waals surface area (Å²) in [5.41, 5.74) is 6.85. The first-order valence-electron chi connectivity index (χ1n) is 8.90. The van der Waals surface area contributed by atoms with Gasteiger partial charge in [-0.15, -0.1) is 0 Å². The number of nitrogens with zero attached hydrogens (tertiary/aromatic N) is 4. The fraction of sp³-hybridized carbons (Fsp3) is 0.688. The van der Waals surface area contributed by atoms with Gasteiger partial charge in [-0.25, -0.2) is 15.0 Å². The van der Waals surface area contributed by atoms with Crippen molar-refractivity contribution in [3.8, 4) is 0 Å². The Balaban J connectivity index is 2.03. The number of hydrogen-bond donors (Lipinski definition) is 4. The Morgan fingerprint density at radius 1 is 1.37 bits per heavy atom. The molecule has 0 radical (unpaired) electrons. The van der Waals surface area contributed by atoms with E-state index in [1.807, 2.05) is 6.92 Å². The van der Waals surface area contributed by atoms with Crippen molar-refractivity contribution in [2.24, 2.45) is 0 Å². The van der Waals surface area contributed by atoms with Gasteiger partial charge in [-0.3, -0.25) is 4.57 Å². The molecule has 0 amide bonds. The maximum atomic E-state index is 10.5. The molecule has 1 fully saturated rings. The molecule has 0 saturated carbocycles. The van der Waals surface area contributed by atoms with Crippen LogP contribution >= 0.6 is 11.8 Å². The zero-order chi connectivity index (χ0) is 19.4. The maximum Gasteiger partial charge on any atom is 0.172 e. The Kier molecular flexibility index (Phi) is 6.84. The molecule has 0 spiro atoms. The van der Waals surface area contributed by atoms with Gasteiger partial charge in [0.1, 0.15) is 24.6 Å². The summed E-state index contributed by atoms with van der Waals surface area (Å²) in [5.74, 6) is 0.873. The number of ether oxygens (including phenoxy) is 2. The molecule has 3 heterocycles. The lowest BCUT2D eigenvalue weighted by molar-refractivity contribution is -0.0740. The topological polar surface area (TPSA) is 149 Å². The molecule has 2 aromatic rings. The van der Waals surface area contributed by atoms with Crippen LogP contribution in [-0.4, -0.2) is 78.7 Å². The summed E-state index contributed by atoms with van der Waals surface area (Å²) >= 11 is 1.42. The molecule has 2 aromatic heterocycles. The number of nitrogen functional groups attached to an aromatic ring is 1. The van der Waals surface area contributed by atoms with Gasteiger partial charge in [0.15, 0.2) is 28.4 Å². The number of thioether (sulfide) groups is 1. The maximum absolute atomic E-state index is 10.5. The van der Waals surface area contributed by atoms with E-state index in [1.54, 1.807) is 4.57 Å². The Morgan fingerprint density at radius 3 is 2.89 bits per heavy atom. The molecule has 0 aliphatic carbocycles. The first-order chi connectivity index (χ1) is 13.1. The smallest absolute Gasteiger partial charge is 0.172 e. The predicted molar refractivity (Wildman–Crippen MR) is 99.2 cm³/mol. The molecule has 5 N–H and O–H groups in total. The van der Waals surface area contributed by atoms with Gasteiger partial charge in [0.2, 0.25) is 0 Å².